The lowest BCUT2D eigenvalue weighted by Gasteiger charge is -2.29. The van der Waals surface area contributed by atoms with Crippen LogP contribution in [-0.4, -0.2) is 47.2 Å². The quantitative estimate of drug-likeness (QED) is 0.582. The van der Waals surface area contributed by atoms with Gasteiger partial charge in [0.05, 0.1) is 28.9 Å². The van der Waals surface area contributed by atoms with Crippen LogP contribution in [-0.2, 0) is 16.5 Å². The first-order valence-corrected chi connectivity index (χ1v) is 13.0. The van der Waals surface area contributed by atoms with E-state index in [1.807, 2.05) is 19.9 Å². The van der Waals surface area contributed by atoms with Crippen LogP contribution in [0.5, 0.6) is 0 Å². The van der Waals surface area contributed by atoms with Crippen LogP contribution in [0.1, 0.15) is 31.4 Å². The Morgan fingerprint density at radius 3 is 2.72 bits per heavy atom. The Balaban J connectivity index is 1.81. The number of nitrogens with one attached hydrogen (secondary N) is 1. The highest BCUT2D eigenvalue weighted by Gasteiger charge is 2.32. The molecule has 1 N–H and O–H groups in total. The summed E-state index contributed by atoms with van der Waals surface area (Å²) in [5.74, 6) is 0.880. The molecule has 1 aromatic carbocycles. The molecule has 2 aromatic rings. The summed E-state index contributed by atoms with van der Waals surface area (Å²) >= 11 is 13.3. The predicted molar refractivity (Wildman–Crippen MR) is 124 cm³/mol. The standard InChI is InChI=1S/C19H27ClN4O2S3/c1-12(2)9-23(15-5-6-29(25,26)10-15)11-24-19(27)28-18(22-24)21-17-14(4)7-13(3)8-16(17)20/h7-8,12,15H,5-6,9-11H2,1-4H3,(H,21,22)/t15-/m1/s1. The fraction of sp³-hybridized carbons (Fsp3) is 0.579. The van der Waals surface area contributed by atoms with Crippen LogP contribution in [0.3, 0.4) is 0 Å². The van der Waals surface area contributed by atoms with E-state index in [-0.39, 0.29) is 17.5 Å². The van der Waals surface area contributed by atoms with E-state index in [0.717, 1.165) is 23.4 Å². The zero-order chi connectivity index (χ0) is 21.3. The molecule has 0 radical (unpaired) electrons. The molecular formula is C19H27ClN4O2S3. The fourth-order valence-electron chi connectivity index (χ4n) is 3.65. The Kier molecular flexibility index (Phi) is 7.05. The minimum Gasteiger partial charge on any atom is -0.329 e. The van der Waals surface area contributed by atoms with E-state index < -0.39 is 9.84 Å². The van der Waals surface area contributed by atoms with E-state index in [2.05, 4.69) is 35.2 Å². The van der Waals surface area contributed by atoms with Crippen molar-refractivity contribution in [3.05, 3.63) is 32.2 Å². The summed E-state index contributed by atoms with van der Waals surface area (Å²) in [5.41, 5.74) is 2.97. The maximum atomic E-state index is 12.0. The molecule has 1 aliphatic rings. The molecule has 0 bridgehead atoms. The van der Waals surface area contributed by atoms with E-state index in [1.165, 1.54) is 11.3 Å². The van der Waals surface area contributed by atoms with Crippen LogP contribution >= 0.6 is 35.2 Å². The number of aryl methyl sites for hydroxylation is 2. The summed E-state index contributed by atoms with van der Waals surface area (Å²) in [4.78, 5) is 2.19. The molecule has 3 rings (SSSR count). The van der Waals surface area contributed by atoms with Crippen molar-refractivity contribution in [3.8, 4) is 0 Å². The molecule has 10 heteroatoms. The molecule has 0 unspecified atom stereocenters. The number of halogens is 1. The van der Waals surface area contributed by atoms with Crippen LogP contribution in [0.2, 0.25) is 5.02 Å². The Morgan fingerprint density at radius 1 is 1.41 bits per heavy atom. The maximum absolute atomic E-state index is 12.0. The van der Waals surface area contributed by atoms with Crippen molar-refractivity contribution < 1.29 is 8.42 Å². The van der Waals surface area contributed by atoms with Gasteiger partial charge in [-0.05, 0) is 55.6 Å². The molecule has 6 nitrogen and oxygen atoms in total. The second-order valence-electron chi connectivity index (χ2n) is 8.10. The summed E-state index contributed by atoms with van der Waals surface area (Å²) in [6.07, 6.45) is 0.662. The smallest absolute Gasteiger partial charge is 0.209 e. The summed E-state index contributed by atoms with van der Waals surface area (Å²) in [7, 11) is -2.95. The molecule has 0 aliphatic carbocycles. The average molecular weight is 475 g/mol. The third-order valence-corrected chi connectivity index (χ3v) is 8.18. The molecule has 0 spiro atoms. The third-order valence-electron chi connectivity index (χ3n) is 4.91. The molecule has 29 heavy (non-hydrogen) atoms. The number of aromatic nitrogens is 2. The Hall–Kier alpha value is -1.00. The van der Waals surface area contributed by atoms with E-state index in [0.29, 0.717) is 33.1 Å². The highest BCUT2D eigenvalue weighted by Crippen LogP contribution is 2.31. The Morgan fingerprint density at radius 2 is 2.14 bits per heavy atom. The van der Waals surface area contributed by atoms with Crippen LogP contribution in [0, 0.1) is 23.7 Å². The highest BCUT2D eigenvalue weighted by atomic mass is 35.5. The lowest BCUT2D eigenvalue weighted by Crippen LogP contribution is -2.40. The van der Waals surface area contributed by atoms with Gasteiger partial charge in [-0.15, -0.1) is 5.10 Å². The first kappa shape index (κ1) is 22.7. The topological polar surface area (TPSA) is 67.2 Å². The van der Waals surface area contributed by atoms with Gasteiger partial charge >= 0.3 is 0 Å². The minimum atomic E-state index is -2.95. The predicted octanol–water partition coefficient (Wildman–Crippen LogP) is 4.79. The molecule has 1 aliphatic heterocycles. The number of nitrogens with zero attached hydrogens (tertiary/aromatic N) is 3. The van der Waals surface area contributed by atoms with Gasteiger partial charge < -0.3 is 5.32 Å². The second-order valence-corrected chi connectivity index (χ2v) is 12.4. The number of sulfone groups is 1. The molecule has 0 saturated carbocycles. The highest BCUT2D eigenvalue weighted by molar-refractivity contribution is 7.91. The van der Waals surface area contributed by atoms with Gasteiger partial charge in [0.15, 0.2) is 13.8 Å². The zero-order valence-electron chi connectivity index (χ0n) is 17.1. The first-order chi connectivity index (χ1) is 13.5. The number of rotatable bonds is 7. The van der Waals surface area contributed by atoms with Crippen molar-refractivity contribution in [2.45, 2.75) is 46.8 Å². The van der Waals surface area contributed by atoms with Gasteiger partial charge in [0.25, 0.3) is 0 Å². The molecule has 2 heterocycles. The van der Waals surface area contributed by atoms with Gasteiger partial charge in [-0.1, -0.05) is 42.9 Å². The van der Waals surface area contributed by atoms with Gasteiger partial charge in [-0.2, -0.15) is 0 Å². The molecule has 1 fully saturated rings. The molecule has 0 amide bonds. The monoisotopic (exact) mass is 474 g/mol. The maximum Gasteiger partial charge on any atom is 0.209 e. The van der Waals surface area contributed by atoms with Crippen LogP contribution in [0.15, 0.2) is 12.1 Å². The number of hydrogen-bond acceptors (Lipinski definition) is 7. The van der Waals surface area contributed by atoms with E-state index >= 15 is 0 Å². The zero-order valence-corrected chi connectivity index (χ0v) is 20.3. The third kappa shape index (κ3) is 5.79. The Labute approximate surface area is 186 Å². The average Bonchev–Trinajstić information content (AvgIpc) is 3.12. The minimum absolute atomic E-state index is 0.0104. The van der Waals surface area contributed by atoms with E-state index in [4.69, 9.17) is 23.8 Å². The lowest BCUT2D eigenvalue weighted by atomic mass is 10.1. The van der Waals surface area contributed by atoms with E-state index in [9.17, 15) is 8.42 Å². The van der Waals surface area contributed by atoms with E-state index in [1.54, 1.807) is 4.68 Å². The van der Waals surface area contributed by atoms with Crippen molar-refractivity contribution in [2.75, 3.05) is 23.4 Å². The SMILES string of the molecule is Cc1cc(C)c(Nc2nn(CN(CC(C)C)[C@@H]3CCS(=O)(=O)C3)c(=S)s2)c(Cl)c1. The Bertz CT molecular complexity index is 1020. The van der Waals surface area contributed by atoms with Crippen LogP contribution in [0.4, 0.5) is 10.8 Å². The van der Waals surface area contributed by atoms with Crippen molar-refractivity contribution in [1.29, 1.82) is 0 Å². The van der Waals surface area contributed by atoms with Crippen molar-refractivity contribution in [2.24, 2.45) is 5.92 Å². The first-order valence-electron chi connectivity index (χ1n) is 9.60. The van der Waals surface area contributed by atoms with Crippen molar-refractivity contribution in [3.63, 3.8) is 0 Å². The lowest BCUT2D eigenvalue weighted by molar-refractivity contribution is 0.138. The van der Waals surface area contributed by atoms with Crippen LogP contribution < -0.4 is 5.32 Å². The summed E-state index contributed by atoms with van der Waals surface area (Å²) < 4.78 is 26.3. The van der Waals surface area contributed by atoms with Crippen molar-refractivity contribution in [1.82, 2.24) is 14.7 Å². The normalized spacial score (nSPS) is 18.7. The van der Waals surface area contributed by atoms with Gasteiger partial charge in [-0.3, -0.25) is 4.90 Å². The van der Waals surface area contributed by atoms with Gasteiger partial charge in [0, 0.05) is 12.6 Å². The molecule has 160 valence electrons. The molecule has 1 atom stereocenters. The fourth-order valence-corrected chi connectivity index (χ4v) is 6.78. The molecule has 1 saturated heterocycles. The second kappa shape index (κ2) is 9.01. The summed E-state index contributed by atoms with van der Waals surface area (Å²) in [6.45, 7) is 9.55. The van der Waals surface area contributed by atoms with Gasteiger partial charge in [-0.25, -0.2) is 13.1 Å². The van der Waals surface area contributed by atoms with Crippen molar-refractivity contribution >= 4 is 55.8 Å². The van der Waals surface area contributed by atoms with Gasteiger partial charge in [0.1, 0.15) is 0 Å². The van der Waals surface area contributed by atoms with Gasteiger partial charge in [0.2, 0.25) is 5.13 Å². The summed E-state index contributed by atoms with van der Waals surface area (Å²) in [6, 6.07) is 3.99. The largest absolute Gasteiger partial charge is 0.329 e. The molecule has 1 aromatic heterocycles. The number of hydrogen-bond donors (Lipinski definition) is 1. The number of anilines is 2. The number of benzene rings is 1. The summed E-state index contributed by atoms with van der Waals surface area (Å²) in [5, 5.41) is 9.25. The van der Waals surface area contributed by atoms with Crippen LogP contribution in [0.25, 0.3) is 0 Å². The molecular weight excluding hydrogens is 448 g/mol.